The average molecular weight is 622 g/mol. The third-order valence-electron chi connectivity index (χ3n) is 10.0. The Bertz CT molecular complexity index is 2400. The molecular weight excluding hydrogens is 583 g/mol. The fourth-order valence-corrected chi connectivity index (χ4v) is 7.57. The minimum absolute atomic E-state index is 0.450. The molecule has 0 spiro atoms. The van der Waals surface area contributed by atoms with Gasteiger partial charge in [-0.2, -0.15) is 0 Å². The van der Waals surface area contributed by atoms with Gasteiger partial charge in [-0.05, 0) is 90.6 Å². The van der Waals surface area contributed by atoms with E-state index in [4.69, 9.17) is 0 Å². The van der Waals surface area contributed by atoms with Crippen LogP contribution in [0.1, 0.15) is 35.7 Å². The van der Waals surface area contributed by atoms with Crippen molar-refractivity contribution in [3.63, 3.8) is 0 Å². The number of benzene rings is 5. The zero-order chi connectivity index (χ0) is 32.7. The van der Waals surface area contributed by atoms with Crippen LogP contribution < -0.4 is 5.32 Å². The van der Waals surface area contributed by atoms with Crippen LogP contribution in [-0.2, 0) is 12.0 Å². The Morgan fingerprint density at radius 3 is 2.19 bits per heavy atom. The highest BCUT2D eigenvalue weighted by Gasteiger charge is 2.29. The van der Waals surface area contributed by atoms with Crippen molar-refractivity contribution in [3.05, 3.63) is 187 Å². The second-order valence-electron chi connectivity index (χ2n) is 12.8. The molecule has 1 aliphatic carbocycles. The minimum Gasteiger partial charge on any atom is -0.310 e. The number of para-hydroxylation sites is 2. The van der Waals surface area contributed by atoms with Crippen LogP contribution in [0.2, 0.25) is 0 Å². The smallest absolute Gasteiger partial charge is 0.0665 e. The SMILES string of the molecule is C=C/C=C(\C=C)CNC(C)(c1ccccc1)c1cccc(-n2c3ccccc3c3cc(-n4c5c(c6ccccc64)CCC=C5)ccc32)c1. The van der Waals surface area contributed by atoms with Gasteiger partial charge in [-0.25, -0.2) is 0 Å². The zero-order valence-corrected chi connectivity index (χ0v) is 27.4. The molecule has 234 valence electrons. The van der Waals surface area contributed by atoms with Crippen molar-refractivity contribution in [3.8, 4) is 11.4 Å². The standard InChI is InChI=1S/C45H39N3/c1-4-16-32(5-2)31-46-45(3,33-17-7-6-8-18-33)34-19-15-20-35(29-34)47-43-26-14-11-23-39(43)40-30-36(27-28-44(40)47)48-41-24-12-9-21-37(41)38-22-10-13-25-42(38)48/h4-9,11-21,23-30,46H,1-2,10,22,31H2,3H3/b32-16+. The fourth-order valence-electron chi connectivity index (χ4n) is 7.57. The Kier molecular flexibility index (Phi) is 7.55. The number of allylic oxidation sites excluding steroid dienone is 3. The van der Waals surface area contributed by atoms with Gasteiger partial charge in [0.25, 0.3) is 0 Å². The second kappa shape index (κ2) is 12.2. The molecule has 5 aromatic carbocycles. The molecule has 0 amide bonds. The topological polar surface area (TPSA) is 21.9 Å². The Balaban J connectivity index is 1.29. The summed E-state index contributed by atoms with van der Waals surface area (Å²) in [5.41, 5.74) is 11.7. The molecule has 0 saturated carbocycles. The third kappa shape index (κ3) is 4.87. The highest BCUT2D eigenvalue weighted by Crippen LogP contribution is 2.38. The number of nitrogens with zero attached hydrogens (tertiary/aromatic N) is 2. The lowest BCUT2D eigenvalue weighted by molar-refractivity contribution is 0.459. The predicted molar refractivity (Wildman–Crippen MR) is 204 cm³/mol. The molecule has 1 unspecified atom stereocenters. The van der Waals surface area contributed by atoms with Gasteiger partial charge >= 0.3 is 0 Å². The number of rotatable bonds is 9. The van der Waals surface area contributed by atoms with Crippen LogP contribution in [0.3, 0.4) is 0 Å². The van der Waals surface area contributed by atoms with Gasteiger partial charge in [0.05, 0.1) is 22.1 Å². The van der Waals surface area contributed by atoms with Crippen LogP contribution >= 0.6 is 0 Å². The van der Waals surface area contributed by atoms with Crippen LogP contribution in [0.4, 0.5) is 0 Å². The lowest BCUT2D eigenvalue weighted by Crippen LogP contribution is -2.41. The van der Waals surface area contributed by atoms with Crippen molar-refractivity contribution in [2.75, 3.05) is 6.54 Å². The van der Waals surface area contributed by atoms with Gasteiger partial charge in [0.2, 0.25) is 0 Å². The lowest BCUT2D eigenvalue weighted by Gasteiger charge is -2.33. The summed E-state index contributed by atoms with van der Waals surface area (Å²) in [4.78, 5) is 0. The first-order valence-electron chi connectivity index (χ1n) is 16.8. The summed E-state index contributed by atoms with van der Waals surface area (Å²) in [5, 5.41) is 7.71. The summed E-state index contributed by atoms with van der Waals surface area (Å²) in [5.74, 6) is 0. The predicted octanol–water partition coefficient (Wildman–Crippen LogP) is 10.8. The van der Waals surface area contributed by atoms with E-state index in [1.807, 2.05) is 18.2 Å². The quantitative estimate of drug-likeness (QED) is 0.159. The van der Waals surface area contributed by atoms with Gasteiger partial charge in [-0.3, -0.25) is 5.32 Å². The van der Waals surface area contributed by atoms with Crippen LogP contribution in [0, 0.1) is 0 Å². The van der Waals surface area contributed by atoms with Crippen molar-refractivity contribution >= 4 is 38.8 Å². The van der Waals surface area contributed by atoms with E-state index in [2.05, 4.69) is 168 Å². The average Bonchev–Trinajstić information content (AvgIpc) is 3.66. The summed E-state index contributed by atoms with van der Waals surface area (Å²) in [6.07, 6.45) is 12.5. The molecule has 0 saturated heterocycles. The van der Waals surface area contributed by atoms with Gasteiger partial charge in [-0.15, -0.1) is 0 Å². The van der Waals surface area contributed by atoms with Crippen LogP contribution in [0.15, 0.2) is 164 Å². The largest absolute Gasteiger partial charge is 0.310 e. The van der Waals surface area contributed by atoms with E-state index in [0.717, 1.165) is 24.1 Å². The number of hydrogen-bond acceptors (Lipinski definition) is 1. The maximum atomic E-state index is 4.03. The van der Waals surface area contributed by atoms with E-state index in [0.29, 0.717) is 6.54 Å². The molecule has 1 aliphatic rings. The molecule has 8 rings (SSSR count). The molecule has 7 aromatic rings. The van der Waals surface area contributed by atoms with E-state index in [9.17, 15) is 0 Å². The normalized spacial score (nSPS) is 14.3. The van der Waals surface area contributed by atoms with E-state index in [1.54, 1.807) is 0 Å². The van der Waals surface area contributed by atoms with E-state index >= 15 is 0 Å². The van der Waals surface area contributed by atoms with Gasteiger partial charge in [-0.1, -0.05) is 116 Å². The maximum Gasteiger partial charge on any atom is 0.0665 e. The van der Waals surface area contributed by atoms with E-state index < -0.39 is 5.54 Å². The number of fused-ring (bicyclic) bond motifs is 6. The Morgan fingerprint density at radius 2 is 1.40 bits per heavy atom. The molecule has 48 heavy (non-hydrogen) atoms. The van der Waals surface area contributed by atoms with Crippen LogP contribution in [0.25, 0.3) is 50.2 Å². The molecule has 3 heteroatoms. The molecule has 0 radical (unpaired) electrons. The number of aromatic nitrogens is 2. The summed E-state index contributed by atoms with van der Waals surface area (Å²) >= 11 is 0. The summed E-state index contributed by atoms with van der Waals surface area (Å²) in [7, 11) is 0. The molecule has 0 fully saturated rings. The highest BCUT2D eigenvalue weighted by molar-refractivity contribution is 6.10. The first-order chi connectivity index (χ1) is 23.6. The summed E-state index contributed by atoms with van der Waals surface area (Å²) < 4.78 is 4.86. The van der Waals surface area contributed by atoms with Gasteiger partial charge in [0, 0.05) is 39.8 Å². The first-order valence-corrected chi connectivity index (χ1v) is 16.8. The molecule has 0 aliphatic heterocycles. The van der Waals surface area contributed by atoms with Gasteiger partial charge in [0.15, 0.2) is 0 Å². The molecular formula is C45H39N3. The minimum atomic E-state index is -0.450. The van der Waals surface area contributed by atoms with Crippen molar-refractivity contribution in [2.24, 2.45) is 0 Å². The molecule has 3 nitrogen and oxygen atoms in total. The van der Waals surface area contributed by atoms with Crippen LogP contribution in [-0.4, -0.2) is 15.7 Å². The molecule has 2 heterocycles. The molecule has 1 N–H and O–H groups in total. The second-order valence-corrected chi connectivity index (χ2v) is 12.8. The summed E-state index contributed by atoms with van der Waals surface area (Å²) in [6.45, 7) is 10.8. The lowest BCUT2D eigenvalue weighted by atomic mass is 9.84. The number of aryl methyl sites for hydroxylation is 1. The van der Waals surface area contributed by atoms with Crippen LogP contribution in [0.5, 0.6) is 0 Å². The fraction of sp³-hybridized carbons (Fsp3) is 0.111. The van der Waals surface area contributed by atoms with Gasteiger partial charge < -0.3 is 9.13 Å². The Morgan fingerprint density at radius 1 is 0.708 bits per heavy atom. The Labute approximate surface area is 282 Å². The van der Waals surface area contributed by atoms with Crippen molar-refractivity contribution in [2.45, 2.75) is 25.3 Å². The highest BCUT2D eigenvalue weighted by atomic mass is 15.0. The first kappa shape index (κ1) is 29.7. The van der Waals surface area contributed by atoms with Crippen molar-refractivity contribution in [1.82, 2.24) is 14.5 Å². The van der Waals surface area contributed by atoms with Crippen molar-refractivity contribution in [1.29, 1.82) is 0 Å². The third-order valence-corrected chi connectivity index (χ3v) is 10.0. The molecule has 2 aromatic heterocycles. The van der Waals surface area contributed by atoms with E-state index in [1.165, 1.54) is 60.8 Å². The monoisotopic (exact) mass is 621 g/mol. The molecule has 0 bridgehead atoms. The molecule has 1 atom stereocenters. The maximum absolute atomic E-state index is 4.03. The zero-order valence-electron chi connectivity index (χ0n) is 27.4. The number of nitrogens with one attached hydrogen (secondary N) is 1. The number of hydrogen-bond donors (Lipinski definition) is 1. The van der Waals surface area contributed by atoms with Gasteiger partial charge in [0.1, 0.15) is 0 Å². The summed E-state index contributed by atoms with van der Waals surface area (Å²) in [6, 6.07) is 44.2. The van der Waals surface area contributed by atoms with Crippen molar-refractivity contribution < 1.29 is 0 Å². The Hall–Kier alpha value is -5.64. The van der Waals surface area contributed by atoms with E-state index in [-0.39, 0.29) is 0 Å².